The number of amides is 2. The van der Waals surface area contributed by atoms with E-state index >= 15 is 0 Å². The molecule has 2 heterocycles. The molecule has 9 nitrogen and oxygen atoms in total. The molecule has 0 radical (unpaired) electrons. The lowest BCUT2D eigenvalue weighted by Gasteiger charge is -2.29. The zero-order valence-corrected chi connectivity index (χ0v) is 19.7. The van der Waals surface area contributed by atoms with Crippen molar-refractivity contribution in [2.24, 2.45) is 10.9 Å². The Labute approximate surface area is 203 Å². The molecule has 2 aromatic carbocycles. The van der Waals surface area contributed by atoms with Crippen LogP contribution < -0.4 is 14.8 Å². The van der Waals surface area contributed by atoms with Crippen molar-refractivity contribution in [2.75, 3.05) is 20.8 Å². The van der Waals surface area contributed by atoms with E-state index < -0.39 is 24.0 Å². The smallest absolute Gasteiger partial charge is 0.341 e. The molecule has 1 aliphatic rings. The van der Waals surface area contributed by atoms with Gasteiger partial charge in [-0.3, -0.25) is 4.79 Å². The van der Waals surface area contributed by atoms with Gasteiger partial charge in [0.05, 0.1) is 31.6 Å². The first-order chi connectivity index (χ1) is 17.0. The van der Waals surface area contributed by atoms with Crippen LogP contribution in [0.25, 0.3) is 16.9 Å². The Morgan fingerprint density at radius 1 is 1.14 bits per heavy atom. The third kappa shape index (κ3) is 4.79. The number of nitrogens with zero attached hydrogens (tertiary/aromatic N) is 3. The van der Waals surface area contributed by atoms with Crippen LogP contribution in [0.3, 0.4) is 0 Å². The molecule has 1 aromatic heterocycles. The van der Waals surface area contributed by atoms with Gasteiger partial charge in [0, 0.05) is 23.0 Å². The van der Waals surface area contributed by atoms with E-state index in [1.807, 2.05) is 36.4 Å². The Morgan fingerprint density at radius 3 is 2.57 bits per heavy atom. The summed E-state index contributed by atoms with van der Waals surface area (Å²) in [5.41, 5.74) is 3.10. The average Bonchev–Trinajstić information content (AvgIpc) is 3.32. The Kier molecular flexibility index (Phi) is 6.96. The third-order valence-corrected chi connectivity index (χ3v) is 5.69. The molecule has 2 unspecified atom stereocenters. The van der Waals surface area contributed by atoms with E-state index in [0.717, 1.165) is 11.3 Å². The van der Waals surface area contributed by atoms with Crippen molar-refractivity contribution in [2.45, 2.75) is 13.0 Å². The van der Waals surface area contributed by atoms with Crippen molar-refractivity contribution in [1.29, 1.82) is 0 Å². The van der Waals surface area contributed by atoms with Crippen molar-refractivity contribution in [3.8, 4) is 28.4 Å². The van der Waals surface area contributed by atoms with E-state index in [0.29, 0.717) is 28.5 Å². The minimum atomic E-state index is -0.833. The highest BCUT2D eigenvalue weighted by Gasteiger charge is 2.40. The van der Waals surface area contributed by atoms with Crippen LogP contribution in [0.4, 0.5) is 4.79 Å². The molecule has 0 saturated heterocycles. The Morgan fingerprint density at radius 2 is 1.89 bits per heavy atom. The molecule has 35 heavy (non-hydrogen) atoms. The molecule has 0 spiro atoms. The summed E-state index contributed by atoms with van der Waals surface area (Å²) in [6.45, 7) is 5.29. The number of benzene rings is 2. The summed E-state index contributed by atoms with van der Waals surface area (Å²) >= 11 is 0. The summed E-state index contributed by atoms with van der Waals surface area (Å²) in [7, 11) is 3.12. The van der Waals surface area contributed by atoms with E-state index in [2.05, 4.69) is 16.9 Å². The highest BCUT2D eigenvalue weighted by atomic mass is 16.5. The largest absolute Gasteiger partial charge is 0.493 e. The van der Waals surface area contributed by atoms with E-state index in [4.69, 9.17) is 19.3 Å². The van der Waals surface area contributed by atoms with Crippen LogP contribution in [0.2, 0.25) is 0 Å². The van der Waals surface area contributed by atoms with Crippen LogP contribution in [0, 0.1) is 5.92 Å². The number of hydrogen-bond acceptors (Lipinski definition) is 6. The van der Waals surface area contributed by atoms with Gasteiger partial charge in [0.2, 0.25) is 0 Å². The molecule has 2 amide bonds. The Hall–Kier alpha value is -4.40. The van der Waals surface area contributed by atoms with Gasteiger partial charge in [-0.05, 0) is 37.3 Å². The van der Waals surface area contributed by atoms with Crippen LogP contribution >= 0.6 is 0 Å². The molecule has 0 saturated carbocycles. The van der Waals surface area contributed by atoms with Crippen LogP contribution in [0.1, 0.15) is 18.5 Å². The van der Waals surface area contributed by atoms with Gasteiger partial charge in [-0.15, -0.1) is 0 Å². The summed E-state index contributed by atoms with van der Waals surface area (Å²) < 4.78 is 17.9. The number of methoxy groups -OCH3 is 2. The summed E-state index contributed by atoms with van der Waals surface area (Å²) in [4.78, 5) is 29.4. The number of carbonyl (C=O) groups is 2. The van der Waals surface area contributed by atoms with Gasteiger partial charge >= 0.3 is 12.0 Å². The zero-order chi connectivity index (χ0) is 24.9. The van der Waals surface area contributed by atoms with Crippen molar-refractivity contribution < 1.29 is 23.8 Å². The second kappa shape index (κ2) is 10.3. The first-order valence-electron chi connectivity index (χ1n) is 11.0. The van der Waals surface area contributed by atoms with Gasteiger partial charge in [-0.25, -0.2) is 14.5 Å². The number of rotatable bonds is 8. The van der Waals surface area contributed by atoms with Crippen LogP contribution in [0.15, 0.2) is 72.4 Å². The molecule has 180 valence electrons. The molecule has 2 atom stereocenters. The van der Waals surface area contributed by atoms with Crippen LogP contribution in [-0.2, 0) is 9.53 Å². The molecule has 4 rings (SSSR count). The van der Waals surface area contributed by atoms with Gasteiger partial charge in [0.25, 0.3) is 0 Å². The predicted molar refractivity (Wildman–Crippen MR) is 131 cm³/mol. The second-order valence-corrected chi connectivity index (χ2v) is 7.86. The lowest BCUT2D eigenvalue weighted by molar-refractivity contribution is -0.145. The summed E-state index contributed by atoms with van der Waals surface area (Å²) in [5, 5.41) is 7.66. The molecule has 0 fully saturated rings. The number of carbonyl (C=O) groups excluding carboxylic acids is 2. The van der Waals surface area contributed by atoms with E-state index in [1.54, 1.807) is 44.2 Å². The molecule has 3 aromatic rings. The second-order valence-electron chi connectivity index (χ2n) is 7.86. The fraction of sp³-hybridized carbons (Fsp3) is 0.231. The Bertz CT molecular complexity index is 1280. The maximum atomic E-state index is 13.0. The molecular weight excluding hydrogens is 448 g/mol. The molecule has 1 aliphatic heterocycles. The maximum absolute atomic E-state index is 13.0. The highest BCUT2D eigenvalue weighted by Crippen LogP contribution is 2.38. The Balaban J connectivity index is 1.89. The van der Waals surface area contributed by atoms with Gasteiger partial charge in [0.15, 0.2) is 11.5 Å². The maximum Gasteiger partial charge on any atom is 0.341 e. The topological polar surface area (TPSA) is 104 Å². The number of urea groups is 1. The normalized spacial score (nSPS) is 17.2. The molecule has 0 bridgehead atoms. The highest BCUT2D eigenvalue weighted by molar-refractivity contribution is 6.08. The molecule has 9 heteroatoms. The fourth-order valence-corrected chi connectivity index (χ4v) is 4.05. The van der Waals surface area contributed by atoms with E-state index in [1.165, 1.54) is 6.08 Å². The SMILES string of the molecule is C=CCOC(=O)C1C(C)=NC(=O)NC1c1cn(-c2ccccc2)nc1-c1ccc(OC)c(OC)c1. The van der Waals surface area contributed by atoms with E-state index in [9.17, 15) is 9.59 Å². The van der Waals surface area contributed by atoms with Crippen molar-refractivity contribution in [3.05, 3.63) is 72.9 Å². The van der Waals surface area contributed by atoms with Gasteiger partial charge < -0.3 is 19.5 Å². The first kappa shape index (κ1) is 23.7. The average molecular weight is 475 g/mol. The lowest BCUT2D eigenvalue weighted by Crippen LogP contribution is -2.44. The van der Waals surface area contributed by atoms with Crippen molar-refractivity contribution in [1.82, 2.24) is 15.1 Å². The number of para-hydroxylation sites is 1. The molecular formula is C26H26N4O5. The summed E-state index contributed by atoms with van der Waals surface area (Å²) in [6.07, 6.45) is 3.29. The minimum Gasteiger partial charge on any atom is -0.493 e. The number of nitrogens with one attached hydrogen (secondary N) is 1. The fourth-order valence-electron chi connectivity index (χ4n) is 4.05. The quantitative estimate of drug-likeness (QED) is 0.389. The van der Waals surface area contributed by atoms with Crippen molar-refractivity contribution >= 4 is 17.7 Å². The zero-order valence-electron chi connectivity index (χ0n) is 19.7. The monoisotopic (exact) mass is 474 g/mol. The van der Waals surface area contributed by atoms with Gasteiger partial charge in [-0.2, -0.15) is 5.10 Å². The molecule has 1 N–H and O–H groups in total. The predicted octanol–water partition coefficient (Wildman–Crippen LogP) is 4.13. The van der Waals surface area contributed by atoms with Gasteiger partial charge in [0.1, 0.15) is 12.5 Å². The van der Waals surface area contributed by atoms with E-state index in [-0.39, 0.29) is 6.61 Å². The van der Waals surface area contributed by atoms with Gasteiger partial charge in [-0.1, -0.05) is 30.9 Å². The standard InChI is InChI=1S/C26H26N4O5/c1-5-13-35-25(31)22-16(2)27-26(32)28-24(22)19-15-30(18-9-7-6-8-10-18)29-23(19)17-11-12-20(33-3)21(14-17)34-4/h5-12,14-15,22,24H,1,13H2,2-4H3,(H,28,32). The van der Waals surface area contributed by atoms with Crippen molar-refractivity contribution in [3.63, 3.8) is 0 Å². The summed E-state index contributed by atoms with van der Waals surface area (Å²) in [5.74, 6) is -0.250. The summed E-state index contributed by atoms with van der Waals surface area (Å²) in [6, 6.07) is 13.7. The lowest BCUT2D eigenvalue weighted by atomic mass is 9.87. The number of ether oxygens (including phenoxy) is 3. The van der Waals surface area contributed by atoms with Crippen LogP contribution in [0.5, 0.6) is 11.5 Å². The number of esters is 1. The molecule has 0 aliphatic carbocycles. The number of aromatic nitrogens is 2. The number of aliphatic imine (C=N–C) groups is 1. The minimum absolute atomic E-state index is 0.0507. The first-order valence-corrected chi connectivity index (χ1v) is 11.0. The number of hydrogen-bond donors (Lipinski definition) is 1. The third-order valence-electron chi connectivity index (χ3n) is 5.69. The van der Waals surface area contributed by atoms with Crippen LogP contribution in [-0.4, -0.2) is 48.3 Å².